The third kappa shape index (κ3) is 3.15. The zero-order chi connectivity index (χ0) is 13.8. The van der Waals surface area contributed by atoms with E-state index in [-0.39, 0.29) is 0 Å². The summed E-state index contributed by atoms with van der Waals surface area (Å²) in [6, 6.07) is 5.50. The molecule has 0 radical (unpaired) electrons. The van der Waals surface area contributed by atoms with Crippen LogP contribution in [0.3, 0.4) is 0 Å². The summed E-state index contributed by atoms with van der Waals surface area (Å²) in [6.07, 6.45) is 3.42. The molecule has 0 spiro atoms. The Labute approximate surface area is 121 Å². The van der Waals surface area contributed by atoms with Crippen molar-refractivity contribution in [2.24, 2.45) is 0 Å². The maximum Gasteiger partial charge on any atom is 0.230 e. The van der Waals surface area contributed by atoms with E-state index in [9.17, 15) is 0 Å². The SMILES string of the molecule is Clc1cc(N2CCOCC2)nc(Nc2cccnc2)n1. The lowest BCUT2D eigenvalue weighted by Crippen LogP contribution is -2.36. The Bertz CT molecular complexity index is 574. The second-order valence-electron chi connectivity index (χ2n) is 4.34. The van der Waals surface area contributed by atoms with E-state index in [0.29, 0.717) is 24.3 Å². The molecule has 1 aliphatic heterocycles. The molecule has 2 aromatic rings. The lowest BCUT2D eigenvalue weighted by Gasteiger charge is -2.28. The second kappa shape index (κ2) is 6.02. The minimum atomic E-state index is 0.410. The molecule has 3 heterocycles. The maximum atomic E-state index is 6.07. The summed E-state index contributed by atoms with van der Waals surface area (Å²) in [7, 11) is 0. The number of halogens is 1. The minimum absolute atomic E-state index is 0.410. The van der Waals surface area contributed by atoms with Crippen molar-refractivity contribution in [2.75, 3.05) is 36.5 Å². The summed E-state index contributed by atoms with van der Waals surface area (Å²) < 4.78 is 5.34. The van der Waals surface area contributed by atoms with Crippen molar-refractivity contribution in [3.05, 3.63) is 35.7 Å². The zero-order valence-corrected chi connectivity index (χ0v) is 11.5. The first-order valence-corrected chi connectivity index (χ1v) is 6.73. The summed E-state index contributed by atoms with van der Waals surface area (Å²) in [5.41, 5.74) is 0.822. The Hall–Kier alpha value is -1.92. The Morgan fingerprint density at radius 1 is 1.25 bits per heavy atom. The molecule has 1 saturated heterocycles. The van der Waals surface area contributed by atoms with Crippen LogP contribution in [0, 0.1) is 0 Å². The molecule has 3 rings (SSSR count). The van der Waals surface area contributed by atoms with Crippen molar-refractivity contribution < 1.29 is 4.74 Å². The van der Waals surface area contributed by atoms with Crippen LogP contribution < -0.4 is 10.2 Å². The van der Waals surface area contributed by atoms with Gasteiger partial charge in [-0.3, -0.25) is 4.98 Å². The molecule has 1 aliphatic rings. The molecule has 6 nitrogen and oxygen atoms in total. The highest BCUT2D eigenvalue weighted by Gasteiger charge is 2.14. The molecular weight excluding hydrogens is 278 g/mol. The molecule has 0 aliphatic carbocycles. The summed E-state index contributed by atoms with van der Waals surface area (Å²) >= 11 is 6.07. The molecule has 0 atom stereocenters. The first kappa shape index (κ1) is 13.1. The van der Waals surface area contributed by atoms with Gasteiger partial charge in [-0.25, -0.2) is 4.98 Å². The first-order chi connectivity index (χ1) is 9.81. The topological polar surface area (TPSA) is 63.2 Å². The lowest BCUT2D eigenvalue weighted by molar-refractivity contribution is 0.122. The van der Waals surface area contributed by atoms with Crippen LogP contribution in [0.25, 0.3) is 0 Å². The smallest absolute Gasteiger partial charge is 0.230 e. The van der Waals surface area contributed by atoms with Gasteiger partial charge in [0.15, 0.2) is 0 Å². The van der Waals surface area contributed by atoms with Gasteiger partial charge in [0.2, 0.25) is 5.95 Å². The van der Waals surface area contributed by atoms with Crippen molar-refractivity contribution in [1.82, 2.24) is 15.0 Å². The van der Waals surface area contributed by atoms with Gasteiger partial charge in [0.1, 0.15) is 11.0 Å². The third-order valence-corrected chi connectivity index (χ3v) is 3.13. The third-order valence-electron chi connectivity index (χ3n) is 2.93. The van der Waals surface area contributed by atoms with E-state index in [1.165, 1.54) is 0 Å². The normalized spacial score (nSPS) is 15.2. The van der Waals surface area contributed by atoms with E-state index in [4.69, 9.17) is 16.3 Å². The number of pyridine rings is 1. The van der Waals surface area contributed by atoms with Gasteiger partial charge >= 0.3 is 0 Å². The van der Waals surface area contributed by atoms with Crippen LogP contribution in [0.15, 0.2) is 30.6 Å². The van der Waals surface area contributed by atoms with Crippen molar-refractivity contribution in [3.8, 4) is 0 Å². The van der Waals surface area contributed by atoms with Gasteiger partial charge in [0.25, 0.3) is 0 Å². The Kier molecular flexibility index (Phi) is 3.94. The number of ether oxygens (including phenoxy) is 1. The van der Waals surface area contributed by atoms with E-state index in [1.807, 2.05) is 12.1 Å². The summed E-state index contributed by atoms with van der Waals surface area (Å²) in [4.78, 5) is 14.8. The number of anilines is 3. The standard InChI is InChI=1S/C13H14ClN5O/c14-11-8-12(19-4-6-20-7-5-19)18-13(17-11)16-10-2-1-3-15-9-10/h1-3,8-9H,4-7H2,(H,16,17,18). The highest BCUT2D eigenvalue weighted by Crippen LogP contribution is 2.21. The van der Waals surface area contributed by atoms with E-state index in [0.717, 1.165) is 24.6 Å². The number of hydrogen-bond acceptors (Lipinski definition) is 6. The van der Waals surface area contributed by atoms with Crippen LogP contribution in [0.1, 0.15) is 0 Å². The monoisotopic (exact) mass is 291 g/mol. The minimum Gasteiger partial charge on any atom is -0.378 e. The average molecular weight is 292 g/mol. The molecule has 0 saturated carbocycles. The fourth-order valence-electron chi connectivity index (χ4n) is 1.98. The average Bonchev–Trinajstić information content (AvgIpc) is 2.49. The van der Waals surface area contributed by atoms with Crippen LogP contribution >= 0.6 is 11.6 Å². The maximum absolute atomic E-state index is 6.07. The molecule has 0 amide bonds. The summed E-state index contributed by atoms with van der Waals surface area (Å²) in [6.45, 7) is 3.01. The van der Waals surface area contributed by atoms with Crippen molar-refractivity contribution in [2.45, 2.75) is 0 Å². The van der Waals surface area contributed by atoms with Crippen LogP contribution in [0.5, 0.6) is 0 Å². The van der Waals surface area contributed by atoms with Gasteiger partial charge in [0, 0.05) is 25.4 Å². The number of morpholine rings is 1. The fourth-order valence-corrected chi connectivity index (χ4v) is 2.16. The largest absolute Gasteiger partial charge is 0.378 e. The first-order valence-electron chi connectivity index (χ1n) is 6.35. The van der Waals surface area contributed by atoms with Gasteiger partial charge < -0.3 is 15.0 Å². The fraction of sp³-hybridized carbons (Fsp3) is 0.308. The highest BCUT2D eigenvalue weighted by molar-refractivity contribution is 6.29. The lowest BCUT2D eigenvalue weighted by atomic mass is 10.4. The van der Waals surface area contributed by atoms with Crippen LogP contribution in [0.2, 0.25) is 5.15 Å². The van der Waals surface area contributed by atoms with Gasteiger partial charge in [0.05, 0.1) is 25.1 Å². The van der Waals surface area contributed by atoms with Crippen molar-refractivity contribution in [3.63, 3.8) is 0 Å². The summed E-state index contributed by atoms with van der Waals surface area (Å²) in [5, 5.41) is 3.51. The molecule has 20 heavy (non-hydrogen) atoms. The molecule has 7 heteroatoms. The molecule has 1 N–H and O–H groups in total. The van der Waals surface area contributed by atoms with E-state index in [2.05, 4.69) is 25.2 Å². The van der Waals surface area contributed by atoms with Crippen molar-refractivity contribution in [1.29, 1.82) is 0 Å². The quantitative estimate of drug-likeness (QED) is 0.874. The molecule has 104 valence electrons. The van der Waals surface area contributed by atoms with Gasteiger partial charge in [-0.15, -0.1) is 0 Å². The number of hydrogen-bond donors (Lipinski definition) is 1. The highest BCUT2D eigenvalue weighted by atomic mass is 35.5. The van der Waals surface area contributed by atoms with E-state index in [1.54, 1.807) is 18.5 Å². The van der Waals surface area contributed by atoms with Gasteiger partial charge in [-0.1, -0.05) is 11.6 Å². The van der Waals surface area contributed by atoms with Crippen molar-refractivity contribution >= 4 is 29.1 Å². The van der Waals surface area contributed by atoms with Gasteiger partial charge in [-0.2, -0.15) is 4.98 Å². The molecule has 0 unspecified atom stereocenters. The number of aromatic nitrogens is 3. The number of nitrogens with zero attached hydrogens (tertiary/aromatic N) is 4. The predicted octanol–water partition coefficient (Wildman–Crippen LogP) is 2.11. The van der Waals surface area contributed by atoms with Crippen LogP contribution in [-0.2, 0) is 4.74 Å². The summed E-state index contributed by atoms with van der Waals surface area (Å²) in [5.74, 6) is 1.27. The molecule has 2 aromatic heterocycles. The molecule has 0 bridgehead atoms. The van der Waals surface area contributed by atoms with Crippen LogP contribution in [0.4, 0.5) is 17.5 Å². The predicted molar refractivity (Wildman–Crippen MR) is 77.6 cm³/mol. The molecule has 1 fully saturated rings. The second-order valence-corrected chi connectivity index (χ2v) is 4.73. The molecular formula is C13H14ClN5O. The molecule has 0 aromatic carbocycles. The Morgan fingerprint density at radius 3 is 2.85 bits per heavy atom. The number of nitrogens with one attached hydrogen (secondary N) is 1. The number of rotatable bonds is 3. The van der Waals surface area contributed by atoms with E-state index >= 15 is 0 Å². The van der Waals surface area contributed by atoms with Gasteiger partial charge in [-0.05, 0) is 12.1 Å². The van der Waals surface area contributed by atoms with E-state index < -0.39 is 0 Å². The Morgan fingerprint density at radius 2 is 2.10 bits per heavy atom. The Balaban J connectivity index is 1.82. The zero-order valence-electron chi connectivity index (χ0n) is 10.8. The van der Waals surface area contributed by atoms with Crippen LogP contribution in [-0.4, -0.2) is 41.3 Å².